The van der Waals surface area contributed by atoms with Crippen molar-refractivity contribution in [1.29, 1.82) is 0 Å². The second kappa shape index (κ2) is 9.32. The predicted octanol–water partition coefficient (Wildman–Crippen LogP) is 2.64. The van der Waals surface area contributed by atoms with E-state index in [1.54, 1.807) is 4.57 Å². The number of thioether (sulfide) groups is 1. The fourth-order valence-electron chi connectivity index (χ4n) is 2.35. The van der Waals surface area contributed by atoms with E-state index in [9.17, 15) is 9.59 Å². The fourth-order valence-corrected chi connectivity index (χ4v) is 3.48. The lowest BCUT2D eigenvalue weighted by Crippen LogP contribution is -2.22. The standard InChI is InChI=1S/C17H23N3O3S/c1-3-4-10-14(15(21)23-2)24-17-19-18-16(22)20(17)12-11-13-8-6-5-7-9-13/h5-9,14H,3-4,10-12H2,1-2H3,(H,18,22). The fraction of sp³-hybridized carbons (Fsp3) is 0.471. The summed E-state index contributed by atoms with van der Waals surface area (Å²) in [6.07, 6.45) is 3.35. The van der Waals surface area contributed by atoms with Gasteiger partial charge in [0, 0.05) is 6.54 Å². The van der Waals surface area contributed by atoms with Gasteiger partial charge in [0.05, 0.1) is 7.11 Å². The second-order valence-electron chi connectivity index (χ2n) is 5.47. The van der Waals surface area contributed by atoms with Crippen LogP contribution in [0.2, 0.25) is 0 Å². The summed E-state index contributed by atoms with van der Waals surface area (Å²) >= 11 is 1.29. The van der Waals surface area contributed by atoms with Crippen molar-refractivity contribution < 1.29 is 9.53 Å². The number of ether oxygens (including phenoxy) is 1. The number of methoxy groups -OCH3 is 1. The molecular formula is C17H23N3O3S. The molecule has 6 nitrogen and oxygen atoms in total. The molecule has 0 saturated carbocycles. The van der Waals surface area contributed by atoms with Crippen molar-refractivity contribution in [3.8, 4) is 0 Å². The Morgan fingerprint density at radius 1 is 1.38 bits per heavy atom. The first kappa shape index (κ1) is 18.3. The van der Waals surface area contributed by atoms with Crippen molar-refractivity contribution in [2.24, 2.45) is 0 Å². The van der Waals surface area contributed by atoms with Gasteiger partial charge in [0.15, 0.2) is 5.16 Å². The molecule has 1 N–H and O–H groups in total. The van der Waals surface area contributed by atoms with Gasteiger partial charge >= 0.3 is 11.7 Å². The minimum Gasteiger partial charge on any atom is -0.468 e. The summed E-state index contributed by atoms with van der Waals surface area (Å²) in [5.74, 6) is -0.279. The molecule has 0 amide bonds. The van der Waals surface area contributed by atoms with Crippen LogP contribution in [-0.4, -0.2) is 33.1 Å². The molecule has 1 aromatic carbocycles. The highest BCUT2D eigenvalue weighted by atomic mass is 32.2. The lowest BCUT2D eigenvalue weighted by Gasteiger charge is -2.13. The maximum absolute atomic E-state index is 12.0. The van der Waals surface area contributed by atoms with Crippen molar-refractivity contribution in [3.63, 3.8) is 0 Å². The lowest BCUT2D eigenvalue weighted by molar-refractivity contribution is -0.140. The van der Waals surface area contributed by atoms with Crippen molar-refractivity contribution in [2.75, 3.05) is 7.11 Å². The second-order valence-corrected chi connectivity index (χ2v) is 6.64. The summed E-state index contributed by atoms with van der Waals surface area (Å²) < 4.78 is 6.46. The van der Waals surface area contributed by atoms with Crippen molar-refractivity contribution in [1.82, 2.24) is 14.8 Å². The van der Waals surface area contributed by atoms with Crippen LogP contribution in [0.1, 0.15) is 31.7 Å². The van der Waals surface area contributed by atoms with Crippen LogP contribution in [0.3, 0.4) is 0 Å². The number of carbonyl (C=O) groups is 1. The maximum Gasteiger partial charge on any atom is 0.343 e. The normalized spacial score (nSPS) is 12.1. The van der Waals surface area contributed by atoms with E-state index in [-0.39, 0.29) is 16.9 Å². The highest BCUT2D eigenvalue weighted by Gasteiger charge is 2.23. The SMILES string of the molecule is CCCCC(Sc1n[nH]c(=O)n1CCc1ccccc1)C(=O)OC. The Bertz CT molecular complexity index is 697. The molecule has 1 atom stereocenters. The zero-order valence-corrected chi connectivity index (χ0v) is 14.8. The zero-order valence-electron chi connectivity index (χ0n) is 14.0. The Hall–Kier alpha value is -2.02. The van der Waals surface area contributed by atoms with Gasteiger partial charge < -0.3 is 4.74 Å². The molecule has 0 spiro atoms. The summed E-state index contributed by atoms with van der Waals surface area (Å²) in [7, 11) is 1.38. The molecule has 0 aliphatic heterocycles. The van der Waals surface area contributed by atoms with Gasteiger partial charge in [-0.2, -0.15) is 0 Å². The van der Waals surface area contributed by atoms with Crippen LogP contribution in [0.5, 0.6) is 0 Å². The molecule has 0 saturated heterocycles. The summed E-state index contributed by atoms with van der Waals surface area (Å²) in [5.41, 5.74) is 0.893. The number of aromatic nitrogens is 3. The summed E-state index contributed by atoms with van der Waals surface area (Å²) in [6.45, 7) is 2.59. The Morgan fingerprint density at radius 2 is 2.12 bits per heavy atom. The zero-order chi connectivity index (χ0) is 17.4. The predicted molar refractivity (Wildman–Crippen MR) is 94.2 cm³/mol. The average Bonchev–Trinajstić information content (AvgIpc) is 2.96. The van der Waals surface area contributed by atoms with Gasteiger partial charge in [-0.25, -0.2) is 9.89 Å². The van der Waals surface area contributed by atoms with Crippen LogP contribution >= 0.6 is 11.8 Å². The van der Waals surface area contributed by atoms with E-state index in [2.05, 4.69) is 17.1 Å². The summed E-state index contributed by atoms with van der Waals surface area (Å²) in [4.78, 5) is 24.0. The molecule has 24 heavy (non-hydrogen) atoms. The van der Waals surface area contributed by atoms with Crippen LogP contribution in [0.25, 0.3) is 0 Å². The van der Waals surface area contributed by atoms with Crippen molar-refractivity contribution >= 4 is 17.7 Å². The Kier molecular flexibility index (Phi) is 7.11. The van der Waals surface area contributed by atoms with E-state index in [0.717, 1.165) is 24.8 Å². The van der Waals surface area contributed by atoms with Crippen LogP contribution in [0.4, 0.5) is 0 Å². The van der Waals surface area contributed by atoms with Crippen molar-refractivity contribution in [2.45, 2.75) is 49.6 Å². The van der Waals surface area contributed by atoms with Gasteiger partial charge in [-0.15, -0.1) is 5.10 Å². The van der Waals surface area contributed by atoms with Gasteiger partial charge in [0.25, 0.3) is 0 Å². The number of H-pyrrole nitrogens is 1. The third-order valence-corrected chi connectivity index (χ3v) is 4.96. The van der Waals surface area contributed by atoms with Gasteiger partial charge in [0.2, 0.25) is 0 Å². The quantitative estimate of drug-likeness (QED) is 0.556. The molecular weight excluding hydrogens is 326 g/mol. The number of hydrogen-bond donors (Lipinski definition) is 1. The van der Waals surface area contributed by atoms with E-state index in [0.29, 0.717) is 18.1 Å². The van der Waals surface area contributed by atoms with Gasteiger partial charge in [-0.3, -0.25) is 9.36 Å². The van der Waals surface area contributed by atoms with Gasteiger partial charge in [-0.05, 0) is 18.4 Å². The summed E-state index contributed by atoms with van der Waals surface area (Å²) in [5, 5.41) is 6.73. The number of carbonyl (C=O) groups excluding carboxylic acids is 1. The molecule has 1 unspecified atom stereocenters. The molecule has 130 valence electrons. The van der Waals surface area contributed by atoms with Gasteiger partial charge in [-0.1, -0.05) is 61.9 Å². The van der Waals surface area contributed by atoms with Crippen LogP contribution in [-0.2, 0) is 22.5 Å². The molecule has 0 radical (unpaired) electrons. The molecule has 0 fully saturated rings. The van der Waals surface area contributed by atoms with E-state index < -0.39 is 0 Å². The maximum atomic E-state index is 12.0. The third kappa shape index (κ3) is 4.99. The minimum atomic E-state index is -0.347. The number of nitrogens with one attached hydrogen (secondary N) is 1. The third-order valence-electron chi connectivity index (χ3n) is 3.72. The van der Waals surface area contributed by atoms with E-state index in [4.69, 9.17) is 4.74 Å². The van der Waals surface area contributed by atoms with E-state index in [1.807, 2.05) is 30.3 Å². The first-order chi connectivity index (χ1) is 11.7. The first-order valence-electron chi connectivity index (χ1n) is 8.09. The first-order valence-corrected chi connectivity index (χ1v) is 8.97. The van der Waals surface area contributed by atoms with Crippen LogP contribution in [0.15, 0.2) is 40.3 Å². The van der Waals surface area contributed by atoms with Crippen LogP contribution in [0, 0.1) is 0 Å². The molecule has 7 heteroatoms. The molecule has 2 aromatic rings. The minimum absolute atomic E-state index is 0.257. The molecule has 2 rings (SSSR count). The summed E-state index contributed by atoms with van der Waals surface area (Å²) in [6, 6.07) is 9.96. The average molecular weight is 349 g/mol. The number of unbranched alkanes of at least 4 members (excludes halogenated alkanes) is 1. The van der Waals surface area contributed by atoms with Gasteiger partial charge in [0.1, 0.15) is 5.25 Å². The number of rotatable bonds is 9. The monoisotopic (exact) mass is 349 g/mol. The molecule has 0 bridgehead atoms. The van der Waals surface area contributed by atoms with Crippen molar-refractivity contribution in [3.05, 3.63) is 46.4 Å². The highest BCUT2D eigenvalue weighted by Crippen LogP contribution is 2.25. The van der Waals surface area contributed by atoms with E-state index >= 15 is 0 Å². The molecule has 1 aromatic heterocycles. The molecule has 0 aliphatic carbocycles. The Labute approximate surface area is 145 Å². The largest absolute Gasteiger partial charge is 0.468 e. The number of benzene rings is 1. The topological polar surface area (TPSA) is 77.0 Å². The smallest absolute Gasteiger partial charge is 0.343 e. The number of aromatic amines is 1. The Balaban J connectivity index is 2.09. The number of hydrogen-bond acceptors (Lipinski definition) is 5. The lowest BCUT2D eigenvalue weighted by atomic mass is 10.1. The highest BCUT2D eigenvalue weighted by molar-refractivity contribution is 8.00. The Morgan fingerprint density at radius 3 is 2.79 bits per heavy atom. The molecule has 1 heterocycles. The number of nitrogens with zero attached hydrogens (tertiary/aromatic N) is 2. The number of esters is 1. The number of aryl methyl sites for hydroxylation is 1. The van der Waals surface area contributed by atoms with Crippen LogP contribution < -0.4 is 5.69 Å². The van der Waals surface area contributed by atoms with E-state index in [1.165, 1.54) is 18.9 Å². The molecule has 0 aliphatic rings.